The van der Waals surface area contributed by atoms with Crippen LogP contribution in [-0.2, 0) is 13.1 Å². The lowest BCUT2D eigenvalue weighted by atomic mass is 10.0. The molecule has 1 aromatic carbocycles. The molecule has 0 unspecified atom stereocenters. The molecule has 0 atom stereocenters. The molecule has 1 aliphatic rings. The number of hydrogen-bond donors (Lipinski definition) is 0. The third kappa shape index (κ3) is 2.31. The molecule has 0 spiro atoms. The predicted octanol–water partition coefficient (Wildman–Crippen LogP) is 3.13. The zero-order valence-corrected chi connectivity index (χ0v) is 11.5. The van der Waals surface area contributed by atoms with E-state index < -0.39 is 0 Å². The summed E-state index contributed by atoms with van der Waals surface area (Å²) in [5.41, 5.74) is 2.55. The topological polar surface area (TPSA) is 42.2 Å². The maximum absolute atomic E-state index is 5.39. The number of benzene rings is 1. The Labute approximate surface area is 113 Å². The highest BCUT2D eigenvalue weighted by Gasteiger charge is 2.13. The summed E-state index contributed by atoms with van der Waals surface area (Å²) in [6, 6.07) is 6.32. The van der Waals surface area contributed by atoms with Crippen LogP contribution in [0, 0.1) is 6.92 Å². The van der Waals surface area contributed by atoms with Crippen molar-refractivity contribution in [2.75, 3.05) is 0 Å². The van der Waals surface area contributed by atoms with Gasteiger partial charge in [0.1, 0.15) is 0 Å². The van der Waals surface area contributed by atoms with Gasteiger partial charge in [-0.25, -0.2) is 0 Å². The Bertz CT molecular complexity index is 606. The summed E-state index contributed by atoms with van der Waals surface area (Å²) >= 11 is 3.48. The van der Waals surface area contributed by atoms with Crippen molar-refractivity contribution in [3.8, 4) is 0 Å². The van der Waals surface area contributed by atoms with E-state index in [-0.39, 0.29) is 0 Å². The molecule has 18 heavy (non-hydrogen) atoms. The monoisotopic (exact) mass is 305 g/mol. The van der Waals surface area contributed by atoms with Crippen LogP contribution < -0.4 is 0 Å². The third-order valence-corrected chi connectivity index (χ3v) is 3.35. The van der Waals surface area contributed by atoms with Gasteiger partial charge < -0.3 is 9.32 Å². The SMILES string of the molecule is Cc1nnc(CN2C=Cc3cc(Br)ccc3C2)o1. The van der Waals surface area contributed by atoms with Crippen LogP contribution in [0.1, 0.15) is 22.9 Å². The summed E-state index contributed by atoms with van der Waals surface area (Å²) < 4.78 is 6.49. The zero-order chi connectivity index (χ0) is 12.5. The molecule has 4 nitrogen and oxygen atoms in total. The van der Waals surface area contributed by atoms with Crippen molar-refractivity contribution >= 4 is 22.0 Å². The van der Waals surface area contributed by atoms with Crippen molar-refractivity contribution in [1.29, 1.82) is 0 Å². The Morgan fingerprint density at radius 2 is 2.28 bits per heavy atom. The molecule has 1 aliphatic heterocycles. The van der Waals surface area contributed by atoms with Crippen LogP contribution in [0.5, 0.6) is 0 Å². The van der Waals surface area contributed by atoms with Gasteiger partial charge in [-0.2, -0.15) is 0 Å². The van der Waals surface area contributed by atoms with Crippen LogP contribution in [0.4, 0.5) is 0 Å². The van der Waals surface area contributed by atoms with Crippen LogP contribution >= 0.6 is 15.9 Å². The van der Waals surface area contributed by atoms with Gasteiger partial charge in [0.15, 0.2) is 0 Å². The van der Waals surface area contributed by atoms with E-state index in [9.17, 15) is 0 Å². The number of aromatic nitrogens is 2. The quantitative estimate of drug-likeness (QED) is 0.855. The molecule has 0 bridgehead atoms. The first kappa shape index (κ1) is 11.5. The lowest BCUT2D eigenvalue weighted by Crippen LogP contribution is -2.19. The Balaban J connectivity index is 1.77. The van der Waals surface area contributed by atoms with Crippen molar-refractivity contribution in [1.82, 2.24) is 15.1 Å². The lowest BCUT2D eigenvalue weighted by Gasteiger charge is -2.23. The van der Waals surface area contributed by atoms with Crippen LogP contribution in [0.3, 0.4) is 0 Å². The normalized spacial score (nSPS) is 13.8. The fourth-order valence-corrected chi connectivity index (χ4v) is 2.38. The largest absolute Gasteiger partial charge is 0.424 e. The van der Waals surface area contributed by atoms with E-state index in [2.05, 4.69) is 61.5 Å². The van der Waals surface area contributed by atoms with Gasteiger partial charge in [0.2, 0.25) is 11.8 Å². The van der Waals surface area contributed by atoms with E-state index in [1.165, 1.54) is 11.1 Å². The molecule has 0 N–H and O–H groups in total. The molecule has 0 amide bonds. The summed E-state index contributed by atoms with van der Waals surface area (Å²) in [7, 11) is 0. The summed E-state index contributed by atoms with van der Waals surface area (Å²) in [5.74, 6) is 1.26. The lowest BCUT2D eigenvalue weighted by molar-refractivity contribution is 0.309. The average molecular weight is 306 g/mol. The number of nitrogens with zero attached hydrogens (tertiary/aromatic N) is 3. The van der Waals surface area contributed by atoms with Crippen LogP contribution in [0.25, 0.3) is 6.08 Å². The van der Waals surface area contributed by atoms with Crippen molar-refractivity contribution in [3.63, 3.8) is 0 Å². The van der Waals surface area contributed by atoms with Crippen molar-refractivity contribution < 1.29 is 4.42 Å². The molecular weight excluding hydrogens is 294 g/mol. The highest BCUT2D eigenvalue weighted by Crippen LogP contribution is 2.24. The first-order chi connectivity index (χ1) is 8.70. The van der Waals surface area contributed by atoms with Gasteiger partial charge >= 0.3 is 0 Å². The second kappa shape index (κ2) is 4.57. The second-order valence-corrected chi connectivity index (χ2v) is 5.19. The van der Waals surface area contributed by atoms with E-state index in [1.807, 2.05) is 0 Å². The van der Waals surface area contributed by atoms with E-state index in [4.69, 9.17) is 4.42 Å². The van der Waals surface area contributed by atoms with E-state index >= 15 is 0 Å². The summed E-state index contributed by atoms with van der Waals surface area (Å²) in [5, 5.41) is 7.84. The number of rotatable bonds is 2. The number of halogens is 1. The minimum absolute atomic E-state index is 0.607. The van der Waals surface area contributed by atoms with E-state index in [1.54, 1.807) is 6.92 Å². The van der Waals surface area contributed by atoms with Crippen LogP contribution in [-0.4, -0.2) is 15.1 Å². The second-order valence-electron chi connectivity index (χ2n) is 4.28. The molecule has 2 heterocycles. The van der Waals surface area contributed by atoms with Gasteiger partial charge in [0.05, 0.1) is 6.54 Å². The number of aryl methyl sites for hydroxylation is 1. The Morgan fingerprint density at radius 3 is 3.06 bits per heavy atom. The number of fused-ring (bicyclic) bond motifs is 1. The highest BCUT2D eigenvalue weighted by atomic mass is 79.9. The molecule has 92 valence electrons. The van der Waals surface area contributed by atoms with Gasteiger partial charge in [0.25, 0.3) is 0 Å². The van der Waals surface area contributed by atoms with Gasteiger partial charge in [-0.05, 0) is 29.3 Å². The van der Waals surface area contributed by atoms with Gasteiger partial charge in [0, 0.05) is 24.1 Å². The van der Waals surface area contributed by atoms with Crippen LogP contribution in [0.2, 0.25) is 0 Å². The molecule has 0 saturated heterocycles. The first-order valence-electron chi connectivity index (χ1n) is 5.70. The molecule has 0 aliphatic carbocycles. The molecule has 0 saturated carbocycles. The van der Waals surface area contributed by atoms with E-state index in [0.717, 1.165) is 11.0 Å². The summed E-state index contributed by atoms with van der Waals surface area (Å²) in [4.78, 5) is 2.16. The Hall–Kier alpha value is -1.62. The fourth-order valence-electron chi connectivity index (χ4n) is 2.01. The predicted molar refractivity (Wildman–Crippen MR) is 71.5 cm³/mol. The molecule has 5 heteroatoms. The first-order valence-corrected chi connectivity index (χ1v) is 6.50. The summed E-state index contributed by atoms with van der Waals surface area (Å²) in [6.45, 7) is 3.31. The average Bonchev–Trinajstić information content (AvgIpc) is 2.75. The van der Waals surface area contributed by atoms with Gasteiger partial charge in [-0.3, -0.25) is 0 Å². The standard InChI is InChI=1S/C13H12BrN3O/c1-9-15-16-13(18-9)8-17-5-4-10-6-12(14)3-2-11(10)7-17/h2-6H,7-8H2,1H3. The van der Waals surface area contributed by atoms with Crippen molar-refractivity contribution in [2.45, 2.75) is 20.0 Å². The van der Waals surface area contributed by atoms with Crippen molar-refractivity contribution in [3.05, 3.63) is 51.8 Å². The molecule has 0 fully saturated rings. The van der Waals surface area contributed by atoms with Gasteiger partial charge in [-0.1, -0.05) is 22.0 Å². The maximum Gasteiger partial charge on any atom is 0.235 e. The molecular formula is C13H12BrN3O. The molecule has 0 radical (unpaired) electrons. The number of hydrogen-bond acceptors (Lipinski definition) is 4. The molecule has 1 aromatic heterocycles. The fraction of sp³-hybridized carbons (Fsp3) is 0.231. The van der Waals surface area contributed by atoms with E-state index in [0.29, 0.717) is 18.3 Å². The Kier molecular flexibility index (Phi) is 2.91. The summed E-state index contributed by atoms with van der Waals surface area (Å²) in [6.07, 6.45) is 4.17. The van der Waals surface area contributed by atoms with Crippen molar-refractivity contribution in [2.24, 2.45) is 0 Å². The highest BCUT2D eigenvalue weighted by molar-refractivity contribution is 9.10. The van der Waals surface area contributed by atoms with Crippen LogP contribution in [0.15, 0.2) is 33.3 Å². The molecule has 3 rings (SSSR count). The third-order valence-electron chi connectivity index (χ3n) is 2.85. The maximum atomic E-state index is 5.39. The minimum atomic E-state index is 0.607. The zero-order valence-electron chi connectivity index (χ0n) is 9.93. The Morgan fingerprint density at radius 1 is 1.39 bits per heavy atom. The minimum Gasteiger partial charge on any atom is -0.424 e. The smallest absolute Gasteiger partial charge is 0.235 e. The molecule has 2 aromatic rings. The van der Waals surface area contributed by atoms with Gasteiger partial charge in [-0.15, -0.1) is 10.2 Å².